The van der Waals surface area contributed by atoms with Gasteiger partial charge in [0.05, 0.1) is 18.4 Å². The molecular formula is C24H31N3O3S. The molecule has 1 aliphatic heterocycles. The number of carbonyl (C=O) groups is 1. The number of fused-ring (bicyclic) bond motifs is 1. The Bertz CT molecular complexity index is 979. The maximum atomic E-state index is 12.8. The number of thioether (sulfide) groups is 1. The molecule has 1 unspecified atom stereocenters. The highest BCUT2D eigenvalue weighted by atomic mass is 32.2. The van der Waals surface area contributed by atoms with Crippen molar-refractivity contribution < 1.29 is 9.53 Å². The number of anilines is 1. The van der Waals surface area contributed by atoms with Crippen molar-refractivity contribution in [2.75, 3.05) is 17.7 Å². The number of nitrogens with zero attached hydrogens (tertiary/aromatic N) is 2. The molecule has 166 valence electrons. The maximum absolute atomic E-state index is 12.8. The van der Waals surface area contributed by atoms with E-state index in [1.165, 1.54) is 17.3 Å². The molecule has 6 nitrogen and oxygen atoms in total. The van der Waals surface area contributed by atoms with E-state index < -0.39 is 0 Å². The molecule has 0 saturated carbocycles. The molecule has 31 heavy (non-hydrogen) atoms. The second kappa shape index (κ2) is 10.0. The number of nitrogens with one attached hydrogen (secondary N) is 1. The molecule has 1 atom stereocenters. The van der Waals surface area contributed by atoms with Crippen molar-refractivity contribution in [3.8, 4) is 0 Å². The van der Waals surface area contributed by atoms with E-state index in [0.29, 0.717) is 17.5 Å². The fraction of sp³-hybridized carbons (Fsp3) is 0.542. The first-order valence-corrected chi connectivity index (χ1v) is 12.3. The average molecular weight is 442 g/mol. The van der Waals surface area contributed by atoms with Crippen LogP contribution in [-0.4, -0.2) is 33.9 Å². The molecule has 2 aromatic rings. The van der Waals surface area contributed by atoms with E-state index in [2.05, 4.69) is 24.1 Å². The lowest BCUT2D eigenvalue weighted by Gasteiger charge is -2.24. The van der Waals surface area contributed by atoms with Crippen LogP contribution < -0.4 is 11.0 Å². The first kappa shape index (κ1) is 22.1. The van der Waals surface area contributed by atoms with Crippen LogP contribution in [0, 0.1) is 0 Å². The van der Waals surface area contributed by atoms with Gasteiger partial charge < -0.3 is 10.1 Å². The van der Waals surface area contributed by atoms with Crippen LogP contribution in [0.1, 0.15) is 62.3 Å². The highest BCUT2D eigenvalue weighted by molar-refractivity contribution is 8.00. The van der Waals surface area contributed by atoms with Gasteiger partial charge in [0.15, 0.2) is 0 Å². The second-order valence-corrected chi connectivity index (χ2v) is 9.66. The van der Waals surface area contributed by atoms with Crippen LogP contribution in [0.25, 0.3) is 0 Å². The molecule has 1 fully saturated rings. The SMILES string of the molecule is CC(C)c1ccc(NC(=O)CSc2nc(=O)n(CC3CCCO3)c3c2CCCC3)cc1. The first-order valence-electron chi connectivity index (χ1n) is 11.3. The number of amides is 1. The first-order chi connectivity index (χ1) is 15.0. The summed E-state index contributed by atoms with van der Waals surface area (Å²) in [7, 11) is 0. The summed E-state index contributed by atoms with van der Waals surface area (Å²) >= 11 is 1.37. The molecule has 1 amide bonds. The van der Waals surface area contributed by atoms with Crippen molar-refractivity contribution in [3.05, 3.63) is 51.6 Å². The van der Waals surface area contributed by atoms with Crippen molar-refractivity contribution in [2.24, 2.45) is 0 Å². The van der Waals surface area contributed by atoms with Crippen molar-refractivity contribution in [1.29, 1.82) is 0 Å². The zero-order valence-electron chi connectivity index (χ0n) is 18.4. The molecule has 0 radical (unpaired) electrons. The predicted molar refractivity (Wildman–Crippen MR) is 124 cm³/mol. The Hall–Kier alpha value is -2.12. The third kappa shape index (κ3) is 5.39. The summed E-state index contributed by atoms with van der Waals surface area (Å²) in [4.78, 5) is 29.7. The van der Waals surface area contributed by atoms with Crippen molar-refractivity contribution >= 4 is 23.4 Å². The largest absolute Gasteiger partial charge is 0.376 e. The number of aromatic nitrogens is 2. The third-order valence-electron chi connectivity index (χ3n) is 6.06. The maximum Gasteiger partial charge on any atom is 0.348 e. The van der Waals surface area contributed by atoms with E-state index in [1.807, 2.05) is 28.8 Å². The molecule has 1 saturated heterocycles. The van der Waals surface area contributed by atoms with Gasteiger partial charge in [-0.3, -0.25) is 9.36 Å². The van der Waals surface area contributed by atoms with E-state index in [0.717, 1.165) is 62.1 Å². The predicted octanol–water partition coefficient (Wildman–Crippen LogP) is 4.16. The Morgan fingerprint density at radius 1 is 1.23 bits per heavy atom. The molecule has 1 aliphatic carbocycles. The monoisotopic (exact) mass is 441 g/mol. The lowest BCUT2D eigenvalue weighted by molar-refractivity contribution is -0.113. The van der Waals surface area contributed by atoms with Gasteiger partial charge in [-0.2, -0.15) is 4.98 Å². The van der Waals surface area contributed by atoms with Crippen LogP contribution in [-0.2, 0) is 28.9 Å². The molecule has 0 spiro atoms. The summed E-state index contributed by atoms with van der Waals surface area (Å²) in [5, 5.41) is 3.66. The van der Waals surface area contributed by atoms with E-state index >= 15 is 0 Å². The van der Waals surface area contributed by atoms with Gasteiger partial charge in [0.25, 0.3) is 0 Å². The molecule has 1 aromatic heterocycles. The van der Waals surface area contributed by atoms with E-state index in [1.54, 1.807) is 0 Å². The normalized spacial score (nSPS) is 18.2. The van der Waals surface area contributed by atoms with Crippen molar-refractivity contribution in [3.63, 3.8) is 0 Å². The summed E-state index contributed by atoms with van der Waals surface area (Å²) in [5.41, 5.74) is 4.05. The Morgan fingerprint density at radius 3 is 2.71 bits per heavy atom. The Kier molecular flexibility index (Phi) is 7.13. The van der Waals surface area contributed by atoms with E-state index in [9.17, 15) is 9.59 Å². The quantitative estimate of drug-likeness (QED) is 0.516. The van der Waals surface area contributed by atoms with Crippen LogP contribution in [0.15, 0.2) is 34.1 Å². The summed E-state index contributed by atoms with van der Waals surface area (Å²) in [5.74, 6) is 0.609. The number of rotatable bonds is 7. The third-order valence-corrected chi connectivity index (χ3v) is 7.08. The molecule has 2 heterocycles. The molecule has 4 rings (SSSR count). The number of benzene rings is 1. The molecule has 1 N–H and O–H groups in total. The summed E-state index contributed by atoms with van der Waals surface area (Å²) in [6.45, 7) is 5.66. The van der Waals surface area contributed by atoms with Gasteiger partial charge in [-0.1, -0.05) is 37.7 Å². The minimum absolute atomic E-state index is 0.0859. The number of hydrogen-bond acceptors (Lipinski definition) is 5. The van der Waals surface area contributed by atoms with Crippen LogP contribution >= 0.6 is 11.8 Å². The Labute approximate surface area is 187 Å². The minimum Gasteiger partial charge on any atom is -0.376 e. The lowest BCUT2D eigenvalue weighted by atomic mass is 9.97. The van der Waals surface area contributed by atoms with Crippen LogP contribution in [0.3, 0.4) is 0 Å². The van der Waals surface area contributed by atoms with Gasteiger partial charge in [0, 0.05) is 23.6 Å². The second-order valence-electron chi connectivity index (χ2n) is 8.69. The lowest BCUT2D eigenvalue weighted by Crippen LogP contribution is -2.34. The van der Waals surface area contributed by atoms with E-state index in [4.69, 9.17) is 4.74 Å². The fourth-order valence-electron chi connectivity index (χ4n) is 4.33. The Balaban J connectivity index is 1.44. The van der Waals surface area contributed by atoms with Gasteiger partial charge in [0.2, 0.25) is 5.91 Å². The smallest absolute Gasteiger partial charge is 0.348 e. The zero-order chi connectivity index (χ0) is 21.8. The van der Waals surface area contributed by atoms with E-state index in [-0.39, 0.29) is 23.5 Å². The van der Waals surface area contributed by atoms with Crippen LogP contribution in [0.5, 0.6) is 0 Å². The topological polar surface area (TPSA) is 73.2 Å². The van der Waals surface area contributed by atoms with Gasteiger partial charge >= 0.3 is 5.69 Å². The molecular weight excluding hydrogens is 410 g/mol. The molecule has 0 bridgehead atoms. The molecule has 1 aromatic carbocycles. The molecule has 2 aliphatic rings. The highest BCUT2D eigenvalue weighted by Crippen LogP contribution is 2.29. The zero-order valence-corrected chi connectivity index (χ0v) is 19.2. The van der Waals surface area contributed by atoms with Crippen molar-refractivity contribution in [2.45, 2.75) is 76.0 Å². The van der Waals surface area contributed by atoms with Crippen molar-refractivity contribution in [1.82, 2.24) is 9.55 Å². The standard InChI is InChI=1S/C24H31N3O3S/c1-16(2)17-9-11-18(12-10-17)25-22(28)15-31-23-20-7-3-4-8-21(20)27(24(29)26-23)14-19-6-5-13-30-19/h9-12,16,19H,3-8,13-15H2,1-2H3,(H,25,28). The van der Waals surface area contributed by atoms with Crippen LogP contribution in [0.4, 0.5) is 5.69 Å². The van der Waals surface area contributed by atoms with Crippen LogP contribution in [0.2, 0.25) is 0 Å². The summed E-state index contributed by atoms with van der Waals surface area (Å²) in [6.07, 6.45) is 6.13. The van der Waals surface area contributed by atoms with Gasteiger partial charge in [-0.15, -0.1) is 0 Å². The Morgan fingerprint density at radius 2 is 2.00 bits per heavy atom. The minimum atomic E-state index is -0.219. The highest BCUT2D eigenvalue weighted by Gasteiger charge is 2.24. The summed E-state index contributed by atoms with van der Waals surface area (Å²) < 4.78 is 7.57. The number of carbonyl (C=O) groups excluding carboxylic acids is 1. The average Bonchev–Trinajstić information content (AvgIpc) is 3.28. The van der Waals surface area contributed by atoms with Gasteiger partial charge in [-0.25, -0.2) is 4.79 Å². The number of ether oxygens (including phenoxy) is 1. The fourth-order valence-corrected chi connectivity index (χ4v) is 5.21. The number of hydrogen-bond donors (Lipinski definition) is 1. The molecule has 7 heteroatoms. The van der Waals surface area contributed by atoms with Gasteiger partial charge in [0.1, 0.15) is 5.03 Å². The van der Waals surface area contributed by atoms with Gasteiger partial charge in [-0.05, 0) is 62.1 Å². The summed E-state index contributed by atoms with van der Waals surface area (Å²) in [6, 6.07) is 7.95.